The van der Waals surface area contributed by atoms with E-state index in [1.165, 1.54) is 48.9 Å². The number of aromatic hydroxyl groups is 1. The number of unbranched alkanes of at least 4 members (excludes halogenated alkanes) is 1. The van der Waals surface area contributed by atoms with Crippen LogP contribution in [0.2, 0.25) is 0 Å². The van der Waals surface area contributed by atoms with Crippen molar-refractivity contribution in [2.45, 2.75) is 136 Å². The summed E-state index contributed by atoms with van der Waals surface area (Å²) in [7, 11) is 2.14. The Morgan fingerprint density at radius 3 is 1.69 bits per heavy atom. The van der Waals surface area contributed by atoms with E-state index in [-0.39, 0.29) is 81.2 Å². The van der Waals surface area contributed by atoms with Crippen molar-refractivity contribution in [2.75, 3.05) is 32.0 Å². The van der Waals surface area contributed by atoms with Crippen LogP contribution in [0, 0.1) is 10.1 Å². The van der Waals surface area contributed by atoms with Gasteiger partial charge in [0.2, 0.25) is 59.1 Å². The number of amides is 10. The summed E-state index contributed by atoms with van der Waals surface area (Å²) in [6.45, 7) is -1.85. The van der Waals surface area contributed by atoms with Crippen molar-refractivity contribution in [3.8, 4) is 5.75 Å². The Morgan fingerprint density at radius 1 is 0.604 bits per heavy atom. The van der Waals surface area contributed by atoms with Gasteiger partial charge in [0.15, 0.2) is 5.96 Å². The van der Waals surface area contributed by atoms with Gasteiger partial charge in [0.05, 0.1) is 23.9 Å². The molecular weight excluding hydrogens is 1360 g/mol. The van der Waals surface area contributed by atoms with Gasteiger partial charge in [-0.1, -0.05) is 41.1 Å². The van der Waals surface area contributed by atoms with Gasteiger partial charge in [-0.15, -0.1) is 0 Å². The van der Waals surface area contributed by atoms with E-state index in [0.29, 0.717) is 39.2 Å². The lowest BCUT2D eigenvalue weighted by molar-refractivity contribution is -0.385. The Hall–Kier alpha value is -11.0. The maximum Gasteiger partial charge on any atom is 0.322 e. The number of primary amides is 1. The number of aliphatic carboxylic acids is 2. The van der Waals surface area contributed by atoms with Crippen molar-refractivity contribution < 1.29 is 82.9 Å². The van der Waals surface area contributed by atoms with Gasteiger partial charge in [-0.05, 0) is 97.7 Å². The summed E-state index contributed by atoms with van der Waals surface area (Å²) in [6.07, 6.45) is 2.18. The predicted molar refractivity (Wildman–Crippen MR) is 365 cm³/mol. The normalized spacial score (nSPS) is 13.7. The molecule has 5 rings (SSSR count). The molecule has 0 fully saturated rings. The first-order chi connectivity index (χ1) is 48.1. The van der Waals surface area contributed by atoms with Crippen molar-refractivity contribution in [1.29, 1.82) is 0 Å². The monoisotopic (exact) mass is 1450 g/mol. The number of nitrogens with one attached hydrogen (secondary N) is 11. The van der Waals surface area contributed by atoms with Crippen molar-refractivity contribution >= 4 is 115 Å². The average Bonchev–Trinajstić information content (AvgIpc) is 1.74. The molecule has 25 N–H and O–H groups in total. The third-order valence-electron chi connectivity index (χ3n) is 15.0. The summed E-state index contributed by atoms with van der Waals surface area (Å²) in [5.41, 5.74) is 30.2. The Balaban J connectivity index is 1.44. The van der Waals surface area contributed by atoms with Crippen LogP contribution in [0.4, 0.5) is 5.69 Å². The fraction of sp³-hybridized carbons (Fsp3) is 0.426. The van der Waals surface area contributed by atoms with E-state index in [4.69, 9.17) is 33.8 Å². The lowest BCUT2D eigenvalue weighted by Crippen LogP contribution is -2.61. The highest BCUT2D eigenvalue weighted by Crippen LogP contribution is 2.30. The largest absolute Gasteiger partial charge is 0.508 e. The summed E-state index contributed by atoms with van der Waals surface area (Å²) < 4.78 is 0. The third kappa shape index (κ3) is 28.1. The second-order valence-corrected chi connectivity index (χ2v) is 25.1. The first-order valence-corrected chi connectivity index (χ1v) is 33.7. The first-order valence-electron chi connectivity index (χ1n) is 31.4. The van der Waals surface area contributed by atoms with E-state index in [0.717, 1.165) is 27.8 Å². The average molecular weight is 1450 g/mol. The molecule has 3 aromatic heterocycles. The van der Waals surface area contributed by atoms with E-state index >= 15 is 4.79 Å². The van der Waals surface area contributed by atoms with Crippen LogP contribution in [0.25, 0.3) is 10.9 Å². The van der Waals surface area contributed by atoms with Crippen LogP contribution in [0.3, 0.4) is 0 Å². The number of rotatable bonds is 45. The van der Waals surface area contributed by atoms with Crippen LogP contribution in [0.15, 0.2) is 95.6 Å². The number of pyridine rings is 1. The van der Waals surface area contributed by atoms with Gasteiger partial charge in [0.25, 0.3) is 5.69 Å². The number of phenols is 1. The highest BCUT2D eigenvalue weighted by atomic mass is 33.1. The summed E-state index contributed by atoms with van der Waals surface area (Å²) in [6, 6.07) is 0.667. The molecule has 38 nitrogen and oxygen atoms in total. The summed E-state index contributed by atoms with van der Waals surface area (Å²) in [4.78, 5) is 192. The van der Waals surface area contributed by atoms with Crippen LogP contribution in [-0.4, -0.2) is 209 Å². The molecule has 0 radical (unpaired) electrons. The number of nitrogens with zero attached hydrogens (tertiary/aromatic N) is 4. The number of carbonyl (C=O) groups is 12. The number of H-pyrrole nitrogens is 2. The summed E-state index contributed by atoms with van der Waals surface area (Å²) in [5, 5.41) is 73.4. The minimum absolute atomic E-state index is 0.00799. The number of guanidine groups is 1. The molecule has 9 atom stereocenters. The van der Waals surface area contributed by atoms with Gasteiger partial charge in [-0.3, -0.25) is 72.6 Å². The second kappa shape index (κ2) is 41.4. The molecule has 0 bridgehead atoms. The highest BCUT2D eigenvalue weighted by Gasteiger charge is 2.36. The number of benzene rings is 2. The second-order valence-electron chi connectivity index (χ2n) is 22.8. The van der Waals surface area contributed by atoms with Crippen molar-refractivity contribution in [3.05, 3.63) is 113 Å². The summed E-state index contributed by atoms with van der Waals surface area (Å²) >= 11 is 0. The van der Waals surface area contributed by atoms with Gasteiger partial charge in [0, 0.05) is 79.5 Å². The number of carboxylic acids is 2. The number of nitrogens with two attached hydrogens (primary N) is 5. The van der Waals surface area contributed by atoms with E-state index in [1.54, 1.807) is 30.5 Å². The Kier molecular flexibility index (Phi) is 33.1. The Morgan fingerprint density at radius 2 is 1.15 bits per heavy atom. The number of aliphatic imine (C=N–C) groups is 1. The molecule has 546 valence electrons. The number of carboxylic acid groups (broad SMARTS) is 2. The number of phenolic OH excluding ortho intramolecular Hbond substituents is 1. The third-order valence-corrected chi connectivity index (χ3v) is 17.3. The zero-order valence-electron chi connectivity index (χ0n) is 54.3. The minimum Gasteiger partial charge on any atom is -0.508 e. The van der Waals surface area contributed by atoms with E-state index in [1.807, 2.05) is 5.32 Å². The standard InChI is InChI=1S/C61H82N20O18S2/c62-20-4-3-8-40(54(91)73-41(9-5-21-68-61(65)66)55(92)77-44(22-32-10-13-36(83)14-11-32)57(94)76-43(15-17-48(64)84)56(93)75-42(16-19-50(85)86)53(90)71-28-51(87)88)74-58(95)45(23-33-25-69-39-7-2-1-6-37(33)39)78-59(96)46(24-34-26-67-31-72-34)79-60(97)47(29-82)80-52(89)38(63)30-100-101-49-18-12-35(27-70-49)81(98)99/h1-2,6-7,10-14,18,25-27,31,38,40-47,69,82-83H,3-5,8-9,15-17,19-24,28-30,62-63H2,(H2,64,84)(H,67,72)(H,71,90)(H,73,91)(H,74,95)(H,75,93)(H,76,94)(H,77,92)(H,78,96)(H,79,97)(H,80,89)(H,85,86)(H,87,88)(H4,65,66,68)/t38-,40-,41-,42-,43-,44-,45-,46-,47-/m0/s1. The minimum atomic E-state index is -1.74. The zero-order valence-corrected chi connectivity index (χ0v) is 55.9. The number of fused-ring (bicyclic) bond motifs is 1. The molecule has 3 heterocycles. The van der Waals surface area contributed by atoms with Crippen molar-refractivity contribution in [3.63, 3.8) is 0 Å². The molecule has 10 amide bonds. The molecule has 0 unspecified atom stereocenters. The number of nitro groups is 1. The molecule has 2 aromatic carbocycles. The molecule has 0 spiro atoms. The lowest BCUT2D eigenvalue weighted by atomic mass is 10.0. The van der Waals surface area contributed by atoms with Gasteiger partial charge in [-0.25, -0.2) is 9.97 Å². The van der Waals surface area contributed by atoms with Crippen LogP contribution < -0.4 is 76.5 Å². The maximum atomic E-state index is 15.1. The first kappa shape index (κ1) is 80.7. The molecule has 0 aliphatic heterocycles. The van der Waals surface area contributed by atoms with Crippen molar-refractivity contribution in [2.24, 2.45) is 33.7 Å². The molecule has 0 saturated carbocycles. The van der Waals surface area contributed by atoms with E-state index in [2.05, 4.69) is 67.5 Å². The SMILES string of the molecule is NCCCC[C@H](NC(=O)[C@H](Cc1c[nH]c2ccccc12)NC(=O)[C@H](Cc1cnc[nH]1)NC(=O)[C@H](CO)NC(=O)[C@@H](N)CSSc1ccc([N+](=O)[O-])cn1)C(=O)N[C@@H](CCCN=C(N)N)C(=O)N[C@@H](Cc1ccc(O)cc1)C(=O)N[C@@H](CCC(N)=O)C(=O)N[C@@H](CCC(=O)O)C(=O)NCC(=O)O. The lowest BCUT2D eigenvalue weighted by Gasteiger charge is -2.28. The molecule has 0 saturated heterocycles. The van der Waals surface area contributed by atoms with E-state index < -0.39 is 169 Å². The Labute approximate surface area is 583 Å². The number of aliphatic hydroxyl groups is 1. The molecule has 0 aliphatic carbocycles. The number of para-hydroxylation sites is 1. The van der Waals surface area contributed by atoms with Crippen LogP contribution >= 0.6 is 21.6 Å². The predicted octanol–water partition coefficient (Wildman–Crippen LogP) is -3.92. The van der Waals surface area contributed by atoms with Gasteiger partial charge in [0.1, 0.15) is 71.9 Å². The smallest absolute Gasteiger partial charge is 0.322 e. The quantitative estimate of drug-likeness (QED) is 0.00442. The zero-order chi connectivity index (χ0) is 74.1. The van der Waals surface area contributed by atoms with Gasteiger partial charge >= 0.3 is 11.9 Å². The fourth-order valence-electron chi connectivity index (χ4n) is 9.70. The number of aliphatic hydroxyl groups excluding tert-OH is 1. The number of hydrogen-bond acceptors (Lipinski definition) is 23. The van der Waals surface area contributed by atoms with E-state index in [9.17, 15) is 78.2 Å². The highest BCUT2D eigenvalue weighted by molar-refractivity contribution is 8.76. The van der Waals surface area contributed by atoms with Crippen molar-refractivity contribution in [1.82, 2.24) is 67.8 Å². The number of hydrogen-bond donors (Lipinski definition) is 20. The van der Waals surface area contributed by atoms with Crippen LogP contribution in [-0.2, 0) is 76.8 Å². The molecule has 40 heteroatoms. The van der Waals surface area contributed by atoms with Crippen LogP contribution in [0.1, 0.15) is 74.6 Å². The molecule has 0 aliphatic rings. The number of carbonyl (C=O) groups excluding carboxylic acids is 10. The summed E-state index contributed by atoms with van der Waals surface area (Å²) in [5.74, 6) is -13.6. The topological polar surface area (TPSA) is 637 Å². The van der Waals surface area contributed by atoms with Crippen LogP contribution in [0.5, 0.6) is 5.75 Å². The van der Waals surface area contributed by atoms with Gasteiger partial charge < -0.3 is 107 Å². The number of aromatic amines is 2. The maximum absolute atomic E-state index is 15.1. The van der Waals surface area contributed by atoms with Gasteiger partial charge in [-0.2, -0.15) is 0 Å². The molecular formula is C61H82N20O18S2. The number of imidazole rings is 1. The molecule has 101 heavy (non-hydrogen) atoms. The fourth-order valence-corrected chi connectivity index (χ4v) is 11.7. The Bertz CT molecular complexity index is 3690. The molecule has 5 aromatic rings. The number of aromatic nitrogens is 4.